The minimum atomic E-state index is 0.845. The topological polar surface area (TPSA) is 21.1 Å². The first kappa shape index (κ1) is 26.3. The van der Waals surface area contributed by atoms with Gasteiger partial charge in [0.2, 0.25) is 0 Å². The van der Waals surface area contributed by atoms with Crippen LogP contribution in [-0.2, 0) is 26.2 Å². The summed E-state index contributed by atoms with van der Waals surface area (Å²) in [6, 6.07) is 35.1. The van der Waals surface area contributed by atoms with Crippen molar-refractivity contribution in [2.24, 2.45) is 0 Å². The maximum atomic E-state index is 4.92. The highest BCUT2D eigenvalue weighted by Crippen LogP contribution is 2.26. The molecule has 0 saturated carbocycles. The molecular weight excluding hydrogens is 482 g/mol. The van der Waals surface area contributed by atoms with Crippen molar-refractivity contribution >= 4 is 22.5 Å². The van der Waals surface area contributed by atoms with Gasteiger partial charge in [0, 0.05) is 36.6 Å². The normalized spacial score (nSPS) is 11.4. The minimum absolute atomic E-state index is 0.845. The Bertz CT molecular complexity index is 1430. The highest BCUT2D eigenvalue weighted by molar-refractivity contribution is 7.99. The first-order valence-electron chi connectivity index (χ1n) is 13.8. The molecule has 0 aliphatic carbocycles. The third-order valence-corrected chi connectivity index (χ3v) is 7.90. The fourth-order valence-electron chi connectivity index (χ4n) is 5.10. The number of imidazole rings is 1. The first-order valence-corrected chi connectivity index (χ1v) is 14.7. The van der Waals surface area contributed by atoms with E-state index in [1.165, 1.54) is 38.1 Å². The summed E-state index contributed by atoms with van der Waals surface area (Å²) in [6.07, 6.45) is 4.39. The lowest BCUT2D eigenvalue weighted by atomic mass is 10.0. The van der Waals surface area contributed by atoms with Gasteiger partial charge in [0.05, 0.1) is 11.9 Å². The molecule has 0 unspecified atom stereocenters. The summed E-state index contributed by atoms with van der Waals surface area (Å²) >= 11 is 1.89. The Hall–Kier alpha value is -3.34. The second-order valence-electron chi connectivity index (χ2n) is 9.80. The number of rotatable bonds is 12. The van der Waals surface area contributed by atoms with Gasteiger partial charge in [-0.15, -0.1) is 11.8 Å². The van der Waals surface area contributed by atoms with E-state index in [1.807, 2.05) is 11.8 Å². The number of benzene rings is 4. The van der Waals surface area contributed by atoms with Crippen LogP contribution in [0.4, 0.5) is 0 Å². The summed E-state index contributed by atoms with van der Waals surface area (Å²) in [7, 11) is 0. The van der Waals surface area contributed by atoms with Crippen LogP contribution in [0.2, 0.25) is 0 Å². The molecule has 0 amide bonds. The quantitative estimate of drug-likeness (QED) is 0.154. The Morgan fingerprint density at radius 2 is 1.53 bits per heavy atom. The lowest BCUT2D eigenvalue weighted by molar-refractivity contribution is 0.242. The van der Waals surface area contributed by atoms with Gasteiger partial charge in [-0.25, -0.2) is 4.98 Å². The van der Waals surface area contributed by atoms with Gasteiger partial charge in [0.1, 0.15) is 5.82 Å². The lowest BCUT2D eigenvalue weighted by Gasteiger charge is -2.24. The van der Waals surface area contributed by atoms with Crippen LogP contribution in [0.15, 0.2) is 108 Å². The molecule has 0 atom stereocenters. The number of nitrogens with zero attached hydrogens (tertiary/aromatic N) is 3. The number of thioether (sulfide) groups is 1. The Balaban J connectivity index is 1.48. The standard InChI is InChI=1S/C34H37N3S/c1-3-5-22-37-31(23-35-34(37)29-13-7-6-8-14-29)26-36(24-27-18-20-32(21-19-27)38-4-2)25-30-16-11-15-28-12-9-10-17-33(28)30/h6-21,23H,3-5,22,24-26H2,1-2H3. The summed E-state index contributed by atoms with van der Waals surface area (Å²) in [6.45, 7) is 8.06. The van der Waals surface area contributed by atoms with E-state index in [0.717, 1.165) is 50.6 Å². The van der Waals surface area contributed by atoms with Crippen molar-refractivity contribution in [1.29, 1.82) is 0 Å². The van der Waals surface area contributed by atoms with Crippen LogP contribution in [0.5, 0.6) is 0 Å². The minimum Gasteiger partial charge on any atom is -0.327 e. The molecule has 0 fully saturated rings. The molecule has 5 rings (SSSR count). The van der Waals surface area contributed by atoms with E-state index >= 15 is 0 Å². The molecule has 4 aromatic carbocycles. The third kappa shape index (κ3) is 6.38. The molecule has 0 N–H and O–H groups in total. The van der Waals surface area contributed by atoms with Crippen molar-refractivity contribution in [2.45, 2.75) is 57.8 Å². The molecule has 194 valence electrons. The number of unbranched alkanes of at least 4 members (excludes halogenated alkanes) is 1. The van der Waals surface area contributed by atoms with Crippen molar-refractivity contribution in [3.8, 4) is 11.4 Å². The third-order valence-electron chi connectivity index (χ3n) is 7.01. The van der Waals surface area contributed by atoms with Gasteiger partial charge < -0.3 is 4.57 Å². The molecule has 0 aliphatic heterocycles. The second-order valence-corrected chi connectivity index (χ2v) is 11.1. The van der Waals surface area contributed by atoms with Crippen LogP contribution in [0, 0.1) is 0 Å². The van der Waals surface area contributed by atoms with E-state index in [-0.39, 0.29) is 0 Å². The van der Waals surface area contributed by atoms with Crippen molar-refractivity contribution in [1.82, 2.24) is 14.5 Å². The highest BCUT2D eigenvalue weighted by Gasteiger charge is 2.17. The predicted molar refractivity (Wildman–Crippen MR) is 162 cm³/mol. The molecule has 0 aliphatic rings. The Kier molecular flexibility index (Phi) is 8.95. The Morgan fingerprint density at radius 1 is 0.763 bits per heavy atom. The Labute approximate surface area is 231 Å². The van der Waals surface area contributed by atoms with Crippen LogP contribution < -0.4 is 0 Å². The van der Waals surface area contributed by atoms with E-state index in [2.05, 4.69) is 127 Å². The highest BCUT2D eigenvalue weighted by atomic mass is 32.2. The molecule has 5 aromatic rings. The van der Waals surface area contributed by atoms with Gasteiger partial charge in [-0.1, -0.05) is 105 Å². The van der Waals surface area contributed by atoms with Crippen molar-refractivity contribution in [3.05, 3.63) is 120 Å². The molecule has 1 aromatic heterocycles. The summed E-state index contributed by atoms with van der Waals surface area (Å²) < 4.78 is 2.44. The second kappa shape index (κ2) is 12.9. The fourth-order valence-corrected chi connectivity index (χ4v) is 5.77. The van der Waals surface area contributed by atoms with E-state index in [4.69, 9.17) is 4.98 Å². The fraction of sp³-hybridized carbons (Fsp3) is 0.265. The van der Waals surface area contributed by atoms with Gasteiger partial charge in [-0.3, -0.25) is 4.90 Å². The molecule has 0 saturated heterocycles. The number of aromatic nitrogens is 2. The molecule has 0 radical (unpaired) electrons. The molecule has 0 bridgehead atoms. The zero-order valence-corrected chi connectivity index (χ0v) is 23.3. The van der Waals surface area contributed by atoms with Gasteiger partial charge in [0.15, 0.2) is 0 Å². The summed E-state index contributed by atoms with van der Waals surface area (Å²) in [5, 5.41) is 2.63. The smallest absolute Gasteiger partial charge is 0.140 e. The molecule has 1 heterocycles. The zero-order chi connectivity index (χ0) is 26.2. The molecule has 4 heteroatoms. The summed E-state index contributed by atoms with van der Waals surface area (Å²) in [5.74, 6) is 2.16. The maximum Gasteiger partial charge on any atom is 0.140 e. The van der Waals surface area contributed by atoms with E-state index in [0.29, 0.717) is 0 Å². The monoisotopic (exact) mass is 519 g/mol. The van der Waals surface area contributed by atoms with E-state index in [1.54, 1.807) is 0 Å². The van der Waals surface area contributed by atoms with Crippen molar-refractivity contribution in [3.63, 3.8) is 0 Å². The SMILES string of the molecule is CCCCn1c(CN(Cc2ccc(SCC)cc2)Cc2cccc3ccccc23)cnc1-c1ccccc1. The zero-order valence-electron chi connectivity index (χ0n) is 22.5. The van der Waals surface area contributed by atoms with Crippen LogP contribution in [0.3, 0.4) is 0 Å². The van der Waals surface area contributed by atoms with Gasteiger partial charge in [-0.05, 0) is 46.2 Å². The Morgan fingerprint density at radius 3 is 2.32 bits per heavy atom. The largest absolute Gasteiger partial charge is 0.327 e. The van der Waals surface area contributed by atoms with Crippen LogP contribution in [0.1, 0.15) is 43.5 Å². The van der Waals surface area contributed by atoms with Gasteiger partial charge in [0.25, 0.3) is 0 Å². The first-order chi connectivity index (χ1) is 18.7. The molecular formula is C34H37N3S. The predicted octanol–water partition coefficient (Wildman–Crippen LogP) is 8.82. The van der Waals surface area contributed by atoms with Gasteiger partial charge >= 0.3 is 0 Å². The average molecular weight is 520 g/mol. The molecule has 38 heavy (non-hydrogen) atoms. The lowest BCUT2D eigenvalue weighted by Crippen LogP contribution is -2.24. The summed E-state index contributed by atoms with van der Waals surface area (Å²) in [5.41, 5.74) is 5.16. The van der Waals surface area contributed by atoms with Crippen molar-refractivity contribution < 1.29 is 0 Å². The molecule has 0 spiro atoms. The van der Waals surface area contributed by atoms with Crippen LogP contribution >= 0.6 is 11.8 Å². The van der Waals surface area contributed by atoms with Crippen LogP contribution in [0.25, 0.3) is 22.2 Å². The number of fused-ring (bicyclic) bond motifs is 1. The molecule has 3 nitrogen and oxygen atoms in total. The number of hydrogen-bond donors (Lipinski definition) is 0. The van der Waals surface area contributed by atoms with E-state index < -0.39 is 0 Å². The van der Waals surface area contributed by atoms with E-state index in [9.17, 15) is 0 Å². The summed E-state index contributed by atoms with van der Waals surface area (Å²) in [4.78, 5) is 8.82. The van der Waals surface area contributed by atoms with Crippen LogP contribution in [-0.4, -0.2) is 20.2 Å². The average Bonchev–Trinajstić information content (AvgIpc) is 3.35. The van der Waals surface area contributed by atoms with Crippen molar-refractivity contribution in [2.75, 3.05) is 5.75 Å². The van der Waals surface area contributed by atoms with Gasteiger partial charge in [-0.2, -0.15) is 0 Å². The number of hydrogen-bond acceptors (Lipinski definition) is 3. The maximum absolute atomic E-state index is 4.92.